The Labute approximate surface area is 116 Å². The van der Waals surface area contributed by atoms with Crippen LogP contribution in [-0.4, -0.2) is 28.6 Å². The maximum absolute atomic E-state index is 4.56. The molecule has 0 radical (unpaired) electrons. The number of hydrogen-bond acceptors (Lipinski definition) is 4. The molecular weight excluding hydrogens is 236 g/mol. The van der Waals surface area contributed by atoms with E-state index in [4.69, 9.17) is 0 Å². The minimum atomic E-state index is 0.114. The number of piperidine rings is 1. The number of rotatable bonds is 3. The SMILES string of the molecule is CC1CCCN(c2cnc(CNC(C)(C)C)cn2)C1. The second kappa shape index (κ2) is 5.87. The molecule has 0 aromatic carbocycles. The van der Waals surface area contributed by atoms with Gasteiger partial charge in [0, 0.05) is 25.2 Å². The highest BCUT2D eigenvalue weighted by Gasteiger charge is 2.17. The van der Waals surface area contributed by atoms with E-state index in [0.717, 1.165) is 37.1 Å². The van der Waals surface area contributed by atoms with Crippen LogP contribution in [0.5, 0.6) is 0 Å². The van der Waals surface area contributed by atoms with Gasteiger partial charge in [0.1, 0.15) is 5.82 Å². The monoisotopic (exact) mass is 262 g/mol. The Morgan fingerprint density at radius 1 is 1.32 bits per heavy atom. The van der Waals surface area contributed by atoms with E-state index in [9.17, 15) is 0 Å². The van der Waals surface area contributed by atoms with Crippen LogP contribution in [0.2, 0.25) is 0 Å². The van der Waals surface area contributed by atoms with Gasteiger partial charge in [0.2, 0.25) is 0 Å². The first-order valence-corrected chi connectivity index (χ1v) is 7.25. The summed E-state index contributed by atoms with van der Waals surface area (Å²) in [5.41, 5.74) is 1.12. The van der Waals surface area contributed by atoms with Crippen LogP contribution in [0, 0.1) is 5.92 Å². The Hall–Kier alpha value is -1.16. The van der Waals surface area contributed by atoms with Crippen molar-refractivity contribution in [3.8, 4) is 0 Å². The molecule has 19 heavy (non-hydrogen) atoms. The Bertz CT molecular complexity index is 394. The third-order valence-electron chi connectivity index (χ3n) is 3.47. The van der Waals surface area contributed by atoms with Gasteiger partial charge >= 0.3 is 0 Å². The zero-order chi connectivity index (χ0) is 13.9. The lowest BCUT2D eigenvalue weighted by molar-refractivity contribution is 0.420. The summed E-state index contributed by atoms with van der Waals surface area (Å²) in [6.07, 6.45) is 6.40. The molecular formula is C15H26N4. The quantitative estimate of drug-likeness (QED) is 0.909. The maximum Gasteiger partial charge on any atom is 0.147 e. The van der Waals surface area contributed by atoms with E-state index >= 15 is 0 Å². The first-order chi connectivity index (χ1) is 8.94. The van der Waals surface area contributed by atoms with E-state index in [1.165, 1.54) is 12.8 Å². The van der Waals surface area contributed by atoms with E-state index in [0.29, 0.717) is 0 Å². The number of nitrogens with one attached hydrogen (secondary N) is 1. The predicted octanol–water partition coefficient (Wildman–Crippen LogP) is 2.60. The molecule has 2 heterocycles. The molecule has 0 bridgehead atoms. The van der Waals surface area contributed by atoms with Crippen LogP contribution in [0.15, 0.2) is 12.4 Å². The van der Waals surface area contributed by atoms with Crippen molar-refractivity contribution in [3.63, 3.8) is 0 Å². The highest BCUT2D eigenvalue weighted by molar-refractivity contribution is 5.36. The molecule has 1 aromatic rings. The molecule has 0 amide bonds. The molecule has 1 atom stereocenters. The fourth-order valence-corrected chi connectivity index (χ4v) is 2.36. The summed E-state index contributed by atoms with van der Waals surface area (Å²) in [7, 11) is 0. The molecule has 1 aliphatic heterocycles. The summed E-state index contributed by atoms with van der Waals surface area (Å²) in [5, 5.41) is 3.43. The van der Waals surface area contributed by atoms with Gasteiger partial charge in [-0.3, -0.25) is 4.98 Å². The van der Waals surface area contributed by atoms with Crippen molar-refractivity contribution < 1.29 is 0 Å². The topological polar surface area (TPSA) is 41.1 Å². The van der Waals surface area contributed by atoms with E-state index in [1.54, 1.807) is 0 Å². The fraction of sp³-hybridized carbons (Fsp3) is 0.733. The van der Waals surface area contributed by atoms with E-state index in [2.05, 4.69) is 47.9 Å². The largest absolute Gasteiger partial charge is 0.355 e. The van der Waals surface area contributed by atoms with Crippen molar-refractivity contribution in [2.75, 3.05) is 18.0 Å². The van der Waals surface area contributed by atoms with Crippen molar-refractivity contribution >= 4 is 5.82 Å². The van der Waals surface area contributed by atoms with Crippen LogP contribution in [0.25, 0.3) is 0 Å². The predicted molar refractivity (Wildman–Crippen MR) is 79.2 cm³/mol. The molecule has 4 nitrogen and oxygen atoms in total. The highest BCUT2D eigenvalue weighted by Crippen LogP contribution is 2.20. The highest BCUT2D eigenvalue weighted by atomic mass is 15.2. The summed E-state index contributed by atoms with van der Waals surface area (Å²) < 4.78 is 0. The van der Waals surface area contributed by atoms with E-state index in [-0.39, 0.29) is 5.54 Å². The number of hydrogen-bond donors (Lipinski definition) is 1. The zero-order valence-corrected chi connectivity index (χ0v) is 12.6. The normalized spacial score (nSPS) is 20.6. The molecule has 1 N–H and O–H groups in total. The van der Waals surface area contributed by atoms with Crippen molar-refractivity contribution in [2.24, 2.45) is 5.92 Å². The third kappa shape index (κ3) is 4.46. The average Bonchev–Trinajstić information content (AvgIpc) is 2.36. The minimum Gasteiger partial charge on any atom is -0.355 e. The molecule has 0 spiro atoms. The summed E-state index contributed by atoms with van der Waals surface area (Å²) >= 11 is 0. The smallest absolute Gasteiger partial charge is 0.147 e. The Morgan fingerprint density at radius 2 is 2.11 bits per heavy atom. The van der Waals surface area contributed by atoms with Crippen LogP contribution < -0.4 is 10.2 Å². The summed E-state index contributed by atoms with van der Waals surface area (Å²) in [4.78, 5) is 11.4. The van der Waals surface area contributed by atoms with Gasteiger partial charge in [0.25, 0.3) is 0 Å². The number of aromatic nitrogens is 2. The van der Waals surface area contributed by atoms with Gasteiger partial charge in [-0.2, -0.15) is 0 Å². The van der Waals surface area contributed by atoms with Crippen LogP contribution in [0.3, 0.4) is 0 Å². The summed E-state index contributed by atoms with van der Waals surface area (Å²) in [6, 6.07) is 0. The standard InChI is InChI=1S/C15H26N4/c1-12-6-5-7-19(11-12)14-10-16-13(8-17-14)9-18-15(2,3)4/h8,10,12,18H,5-7,9,11H2,1-4H3. The lowest BCUT2D eigenvalue weighted by Gasteiger charge is -2.31. The van der Waals surface area contributed by atoms with Gasteiger partial charge in [-0.15, -0.1) is 0 Å². The Balaban J connectivity index is 1.94. The molecule has 0 aliphatic carbocycles. The number of nitrogens with zero attached hydrogens (tertiary/aromatic N) is 3. The minimum absolute atomic E-state index is 0.114. The lowest BCUT2D eigenvalue weighted by atomic mass is 10.0. The van der Waals surface area contributed by atoms with Gasteiger partial charge in [0.15, 0.2) is 0 Å². The molecule has 4 heteroatoms. The van der Waals surface area contributed by atoms with Crippen LogP contribution in [0.1, 0.15) is 46.2 Å². The fourth-order valence-electron chi connectivity index (χ4n) is 2.36. The first kappa shape index (κ1) is 14.3. The molecule has 1 unspecified atom stereocenters. The van der Waals surface area contributed by atoms with E-state index < -0.39 is 0 Å². The summed E-state index contributed by atoms with van der Waals surface area (Å²) in [6.45, 7) is 11.8. The second-order valence-corrected chi connectivity index (χ2v) is 6.66. The summed E-state index contributed by atoms with van der Waals surface area (Å²) in [5.74, 6) is 1.78. The molecule has 1 aromatic heterocycles. The van der Waals surface area contributed by atoms with Crippen LogP contribution in [-0.2, 0) is 6.54 Å². The Morgan fingerprint density at radius 3 is 2.68 bits per heavy atom. The Kier molecular flexibility index (Phi) is 4.40. The molecule has 1 fully saturated rings. The van der Waals surface area contributed by atoms with Gasteiger partial charge in [-0.25, -0.2) is 4.98 Å². The molecule has 106 valence electrons. The molecule has 2 rings (SSSR count). The molecule has 1 aliphatic rings. The van der Waals surface area contributed by atoms with Gasteiger partial charge in [-0.1, -0.05) is 6.92 Å². The van der Waals surface area contributed by atoms with Gasteiger partial charge < -0.3 is 10.2 Å². The van der Waals surface area contributed by atoms with Crippen molar-refractivity contribution in [1.29, 1.82) is 0 Å². The van der Waals surface area contributed by atoms with Crippen molar-refractivity contribution in [1.82, 2.24) is 15.3 Å². The van der Waals surface area contributed by atoms with Crippen molar-refractivity contribution in [2.45, 2.75) is 52.6 Å². The molecule has 0 saturated carbocycles. The van der Waals surface area contributed by atoms with Gasteiger partial charge in [0.05, 0.1) is 18.1 Å². The maximum atomic E-state index is 4.56. The first-order valence-electron chi connectivity index (χ1n) is 7.25. The van der Waals surface area contributed by atoms with Crippen LogP contribution >= 0.6 is 0 Å². The second-order valence-electron chi connectivity index (χ2n) is 6.66. The lowest BCUT2D eigenvalue weighted by Crippen LogP contribution is -2.36. The molecule has 1 saturated heterocycles. The van der Waals surface area contributed by atoms with Crippen LogP contribution in [0.4, 0.5) is 5.82 Å². The van der Waals surface area contributed by atoms with Crippen molar-refractivity contribution in [3.05, 3.63) is 18.1 Å². The zero-order valence-electron chi connectivity index (χ0n) is 12.6. The van der Waals surface area contributed by atoms with E-state index in [1.807, 2.05) is 12.4 Å². The third-order valence-corrected chi connectivity index (χ3v) is 3.47. The average molecular weight is 262 g/mol. The number of anilines is 1. The van der Waals surface area contributed by atoms with Gasteiger partial charge in [-0.05, 0) is 39.5 Å².